The van der Waals surface area contributed by atoms with Crippen LogP contribution in [0.1, 0.15) is 29.3 Å². The SMILES string of the molecule is Fc1ccc([C@@H]2CCCN2Cc2cnc(N3CCOCC3)s2)cc1. The van der Waals surface area contributed by atoms with E-state index in [9.17, 15) is 4.39 Å². The lowest BCUT2D eigenvalue weighted by atomic mass is 10.0. The summed E-state index contributed by atoms with van der Waals surface area (Å²) in [6.07, 6.45) is 4.34. The van der Waals surface area contributed by atoms with Crippen molar-refractivity contribution in [1.29, 1.82) is 0 Å². The van der Waals surface area contributed by atoms with Crippen LogP contribution in [-0.2, 0) is 11.3 Å². The lowest BCUT2D eigenvalue weighted by molar-refractivity contribution is 0.122. The van der Waals surface area contributed by atoms with Crippen LogP contribution in [0.5, 0.6) is 0 Å². The molecular formula is C18H22FN3OS. The smallest absolute Gasteiger partial charge is 0.185 e. The molecule has 0 unspecified atom stereocenters. The Balaban J connectivity index is 1.44. The number of morpholine rings is 1. The maximum atomic E-state index is 13.2. The lowest BCUT2D eigenvalue weighted by Crippen LogP contribution is -2.36. The third kappa shape index (κ3) is 3.45. The maximum Gasteiger partial charge on any atom is 0.185 e. The van der Waals surface area contributed by atoms with Crippen molar-refractivity contribution in [3.63, 3.8) is 0 Å². The van der Waals surface area contributed by atoms with Crippen LogP contribution < -0.4 is 4.90 Å². The van der Waals surface area contributed by atoms with E-state index in [1.54, 1.807) is 23.5 Å². The number of anilines is 1. The van der Waals surface area contributed by atoms with Gasteiger partial charge in [0.05, 0.1) is 13.2 Å². The van der Waals surface area contributed by atoms with Crippen molar-refractivity contribution in [3.8, 4) is 0 Å². The number of ether oxygens (including phenoxy) is 1. The average Bonchev–Trinajstić information content (AvgIpc) is 3.27. The second-order valence-corrected chi connectivity index (χ2v) is 7.48. The molecule has 0 spiro atoms. The minimum absolute atomic E-state index is 0.166. The Kier molecular flexibility index (Phi) is 4.78. The number of halogens is 1. The Morgan fingerprint density at radius 3 is 2.75 bits per heavy atom. The van der Waals surface area contributed by atoms with Gasteiger partial charge in [0, 0.05) is 36.8 Å². The molecule has 4 nitrogen and oxygen atoms in total. The van der Waals surface area contributed by atoms with Gasteiger partial charge in [-0.2, -0.15) is 0 Å². The Bertz CT molecular complexity index is 669. The van der Waals surface area contributed by atoms with Crippen LogP contribution in [-0.4, -0.2) is 42.7 Å². The van der Waals surface area contributed by atoms with Crippen LogP contribution in [0.25, 0.3) is 0 Å². The predicted molar refractivity (Wildman–Crippen MR) is 93.9 cm³/mol. The first-order valence-corrected chi connectivity index (χ1v) is 9.38. The molecule has 0 bridgehead atoms. The molecule has 24 heavy (non-hydrogen) atoms. The molecule has 1 aromatic heterocycles. The molecule has 0 aliphatic carbocycles. The van der Waals surface area contributed by atoms with Crippen LogP contribution in [0.3, 0.4) is 0 Å². The van der Waals surface area contributed by atoms with Crippen LogP contribution >= 0.6 is 11.3 Å². The molecule has 128 valence electrons. The number of thiazole rings is 1. The first-order chi connectivity index (χ1) is 11.8. The zero-order valence-electron chi connectivity index (χ0n) is 13.7. The summed E-state index contributed by atoms with van der Waals surface area (Å²) in [5, 5.41) is 1.10. The third-order valence-electron chi connectivity index (χ3n) is 4.80. The van der Waals surface area contributed by atoms with Crippen molar-refractivity contribution < 1.29 is 9.13 Å². The van der Waals surface area contributed by atoms with Crippen molar-refractivity contribution in [2.24, 2.45) is 0 Å². The number of hydrogen-bond acceptors (Lipinski definition) is 5. The van der Waals surface area contributed by atoms with E-state index in [0.29, 0.717) is 6.04 Å². The van der Waals surface area contributed by atoms with Crippen LogP contribution in [0, 0.1) is 5.82 Å². The van der Waals surface area contributed by atoms with Crippen molar-refractivity contribution in [1.82, 2.24) is 9.88 Å². The number of benzene rings is 1. The quantitative estimate of drug-likeness (QED) is 0.847. The average molecular weight is 347 g/mol. The van der Waals surface area contributed by atoms with E-state index < -0.39 is 0 Å². The highest BCUT2D eigenvalue weighted by molar-refractivity contribution is 7.15. The van der Waals surface area contributed by atoms with Gasteiger partial charge in [-0.3, -0.25) is 4.90 Å². The summed E-state index contributed by atoms with van der Waals surface area (Å²) in [7, 11) is 0. The van der Waals surface area contributed by atoms with Crippen molar-refractivity contribution in [3.05, 3.63) is 46.7 Å². The minimum Gasteiger partial charge on any atom is -0.378 e. The largest absolute Gasteiger partial charge is 0.378 e. The second-order valence-electron chi connectivity index (χ2n) is 6.39. The molecule has 6 heteroatoms. The summed E-state index contributed by atoms with van der Waals surface area (Å²) in [5.74, 6) is -0.166. The van der Waals surface area contributed by atoms with Gasteiger partial charge in [0.1, 0.15) is 5.82 Å². The molecule has 1 atom stereocenters. The Morgan fingerprint density at radius 1 is 1.17 bits per heavy atom. The minimum atomic E-state index is -0.166. The topological polar surface area (TPSA) is 28.6 Å². The van der Waals surface area contributed by atoms with E-state index in [4.69, 9.17) is 4.74 Å². The first kappa shape index (κ1) is 16.0. The van der Waals surface area contributed by atoms with Gasteiger partial charge in [-0.15, -0.1) is 11.3 Å². The van der Waals surface area contributed by atoms with Crippen molar-refractivity contribution >= 4 is 16.5 Å². The predicted octanol–water partition coefficient (Wildman–Crippen LogP) is 3.46. The molecule has 3 heterocycles. The summed E-state index contributed by atoms with van der Waals surface area (Å²) in [6, 6.07) is 7.36. The molecule has 1 aromatic carbocycles. The molecule has 4 rings (SSSR count). The van der Waals surface area contributed by atoms with Gasteiger partial charge < -0.3 is 9.64 Å². The standard InChI is InChI=1S/C18H22FN3OS/c19-15-5-3-14(4-6-15)17-2-1-7-22(17)13-16-12-20-18(24-16)21-8-10-23-11-9-21/h3-6,12,17H,1-2,7-11,13H2/t17-/m0/s1. The molecule has 0 amide bonds. The Morgan fingerprint density at radius 2 is 1.96 bits per heavy atom. The maximum absolute atomic E-state index is 13.2. The summed E-state index contributed by atoms with van der Waals surface area (Å²) < 4.78 is 18.6. The second kappa shape index (κ2) is 7.17. The first-order valence-electron chi connectivity index (χ1n) is 8.56. The molecule has 0 saturated carbocycles. The molecule has 2 fully saturated rings. The van der Waals surface area contributed by atoms with Gasteiger partial charge in [-0.25, -0.2) is 9.37 Å². The third-order valence-corrected chi connectivity index (χ3v) is 5.84. The van der Waals surface area contributed by atoms with Gasteiger partial charge in [0.15, 0.2) is 5.13 Å². The van der Waals surface area contributed by atoms with E-state index in [1.807, 2.05) is 18.3 Å². The summed E-state index contributed by atoms with van der Waals surface area (Å²) >= 11 is 1.78. The highest BCUT2D eigenvalue weighted by Gasteiger charge is 2.26. The number of rotatable bonds is 4. The van der Waals surface area contributed by atoms with Gasteiger partial charge in [0.2, 0.25) is 0 Å². The number of nitrogens with zero attached hydrogens (tertiary/aromatic N) is 3. The molecular weight excluding hydrogens is 325 g/mol. The fourth-order valence-corrected chi connectivity index (χ4v) is 4.54. The normalized spacial score (nSPS) is 22.2. The number of aromatic nitrogens is 1. The molecule has 2 saturated heterocycles. The summed E-state index contributed by atoms with van der Waals surface area (Å²) in [5.41, 5.74) is 1.21. The van der Waals surface area contributed by atoms with Gasteiger partial charge in [-0.1, -0.05) is 12.1 Å². The molecule has 2 aliphatic rings. The summed E-state index contributed by atoms with van der Waals surface area (Å²) in [6.45, 7) is 5.43. The molecule has 0 N–H and O–H groups in total. The zero-order chi connectivity index (χ0) is 16.4. The Labute approximate surface area is 145 Å². The van der Waals surface area contributed by atoms with Gasteiger partial charge in [-0.05, 0) is 37.1 Å². The molecule has 0 radical (unpaired) electrons. The fourth-order valence-electron chi connectivity index (χ4n) is 3.55. The van der Waals surface area contributed by atoms with E-state index in [2.05, 4.69) is 14.8 Å². The monoisotopic (exact) mass is 347 g/mol. The van der Waals surface area contributed by atoms with E-state index in [0.717, 1.165) is 50.9 Å². The van der Waals surface area contributed by atoms with Gasteiger partial charge >= 0.3 is 0 Å². The van der Waals surface area contributed by atoms with E-state index in [-0.39, 0.29) is 5.82 Å². The molecule has 2 aliphatic heterocycles. The van der Waals surface area contributed by atoms with E-state index >= 15 is 0 Å². The van der Waals surface area contributed by atoms with E-state index in [1.165, 1.54) is 16.9 Å². The summed E-state index contributed by atoms with van der Waals surface area (Å²) in [4.78, 5) is 10.7. The van der Waals surface area contributed by atoms with Crippen molar-refractivity contribution in [2.75, 3.05) is 37.7 Å². The lowest BCUT2D eigenvalue weighted by Gasteiger charge is -2.26. The molecule has 2 aromatic rings. The van der Waals surface area contributed by atoms with Crippen LogP contribution in [0.2, 0.25) is 0 Å². The Hall–Kier alpha value is -1.50. The van der Waals surface area contributed by atoms with Crippen LogP contribution in [0.4, 0.5) is 9.52 Å². The zero-order valence-corrected chi connectivity index (χ0v) is 14.5. The number of hydrogen-bond donors (Lipinski definition) is 0. The highest BCUT2D eigenvalue weighted by atomic mass is 32.1. The fraction of sp³-hybridized carbons (Fsp3) is 0.500. The van der Waals surface area contributed by atoms with Crippen LogP contribution in [0.15, 0.2) is 30.5 Å². The highest BCUT2D eigenvalue weighted by Crippen LogP contribution is 2.34. The van der Waals surface area contributed by atoms with Gasteiger partial charge in [0.25, 0.3) is 0 Å². The van der Waals surface area contributed by atoms with Crippen molar-refractivity contribution in [2.45, 2.75) is 25.4 Å². The number of likely N-dealkylation sites (tertiary alicyclic amines) is 1.